The van der Waals surface area contributed by atoms with Crippen molar-refractivity contribution in [2.45, 2.75) is 98.2 Å². The number of halogens is 2. The Bertz CT molecular complexity index is 4020. The van der Waals surface area contributed by atoms with E-state index < -0.39 is 184 Å². The second-order valence-electron chi connectivity index (χ2n) is 19.0. The Balaban J connectivity index is 0.865. The van der Waals surface area contributed by atoms with Gasteiger partial charge in [0.05, 0.1) is 48.8 Å². The van der Waals surface area contributed by atoms with Gasteiger partial charge in [-0.2, -0.15) is 4.39 Å². The number of phosphoric acid groups is 4. The number of rotatable bonds is 22. The molecule has 19 atom stereocenters. The van der Waals surface area contributed by atoms with E-state index in [2.05, 4.69) is 34.4 Å². The van der Waals surface area contributed by atoms with Crippen molar-refractivity contribution in [3.8, 4) is 0 Å². The second-order valence-corrected chi connectivity index (χ2v) is 25.6. The fraction of sp³-hybridized carbons (Fsp3) is 0.526. The van der Waals surface area contributed by atoms with E-state index in [-0.39, 0.29) is 48.3 Å². The van der Waals surface area contributed by atoms with E-state index in [1.54, 1.807) is 4.98 Å². The molecule has 10 rings (SSSR count). The van der Waals surface area contributed by atoms with Crippen LogP contribution in [0.3, 0.4) is 0 Å². The number of fused-ring (bicyclic) bond motifs is 2. The molecule has 4 aliphatic heterocycles. The minimum Gasteiger partial charge on any atom is -0.387 e. The van der Waals surface area contributed by atoms with E-state index in [0.717, 1.165) is 36.1 Å². The first kappa shape index (κ1) is 64.8. The number of H-pyrrole nitrogens is 2. The van der Waals surface area contributed by atoms with Crippen molar-refractivity contribution in [2.24, 2.45) is 0 Å². The topological polar surface area (TPSA) is 621 Å². The van der Waals surface area contributed by atoms with Crippen molar-refractivity contribution in [2.75, 3.05) is 37.9 Å². The Morgan fingerprint density at radius 2 is 0.885 bits per heavy atom. The molecule has 0 radical (unpaired) electrons. The van der Waals surface area contributed by atoms with Gasteiger partial charge in [0, 0.05) is 6.20 Å². The average molecular weight is 1430 g/mol. The summed E-state index contributed by atoms with van der Waals surface area (Å²) in [6.45, 7) is -5.00. The zero-order valence-corrected chi connectivity index (χ0v) is 48.7. The van der Waals surface area contributed by atoms with Crippen molar-refractivity contribution in [3.63, 3.8) is 0 Å². The molecule has 4 saturated heterocycles. The molecule has 6 aromatic heterocycles. The number of hydrogen-bond acceptors (Lipinski definition) is 32. The summed E-state index contributed by atoms with van der Waals surface area (Å²) in [4.78, 5) is 129. The highest BCUT2D eigenvalue weighted by molar-refractivity contribution is 14.1. The van der Waals surface area contributed by atoms with Gasteiger partial charge in [0.2, 0.25) is 5.82 Å². The molecular weight excluding hydrogens is 1390 g/mol. The van der Waals surface area contributed by atoms with Gasteiger partial charge in [-0.15, -0.1) is 0 Å². The number of imidazole rings is 2. The molecule has 4 fully saturated rings. The Morgan fingerprint density at radius 3 is 1.32 bits per heavy atom. The van der Waals surface area contributed by atoms with E-state index in [1.807, 2.05) is 4.98 Å². The molecule has 43 nitrogen and oxygen atoms in total. The molecule has 0 spiro atoms. The molecule has 0 saturated carbocycles. The zero-order chi connectivity index (χ0) is 63.0. The Kier molecular flexibility index (Phi) is 18.5. The lowest BCUT2D eigenvalue weighted by Crippen LogP contribution is -2.40. The van der Waals surface area contributed by atoms with Crippen molar-refractivity contribution < 1.29 is 123 Å². The fourth-order valence-corrected chi connectivity index (χ4v) is 13.0. The van der Waals surface area contributed by atoms with E-state index in [9.17, 15) is 91.8 Å². The first-order chi connectivity index (χ1) is 40.8. The zero-order valence-electron chi connectivity index (χ0n) is 42.9. The molecule has 0 amide bonds. The molecule has 4 aliphatic rings. The Morgan fingerprint density at radius 1 is 0.517 bits per heavy atom. The maximum absolute atomic E-state index is 14.6. The third kappa shape index (κ3) is 13.6. The highest BCUT2D eigenvalue weighted by Gasteiger charge is 2.55. The number of anilines is 2. The number of phosphoric ester groups is 4. The van der Waals surface area contributed by atoms with Crippen molar-refractivity contribution in [1.29, 1.82) is 0 Å². The van der Waals surface area contributed by atoms with Gasteiger partial charge >= 0.3 is 42.7 Å². The van der Waals surface area contributed by atoms with Crippen LogP contribution in [-0.4, -0.2) is 208 Å². The first-order valence-corrected chi connectivity index (χ1v) is 31.5. The summed E-state index contributed by atoms with van der Waals surface area (Å²) in [6, 6.07) is 0. The Hall–Kier alpha value is -5.20. The predicted octanol–water partition coefficient (Wildman–Crippen LogP) is -5.32. The van der Waals surface area contributed by atoms with Crippen molar-refractivity contribution in [3.05, 3.63) is 88.8 Å². The second kappa shape index (κ2) is 24.9. The van der Waals surface area contributed by atoms with Gasteiger partial charge < -0.3 is 80.4 Å². The van der Waals surface area contributed by atoms with Crippen LogP contribution in [0.1, 0.15) is 24.9 Å². The van der Waals surface area contributed by atoms with Crippen LogP contribution in [-0.2, 0) is 68.9 Å². The Labute approximate surface area is 492 Å². The number of aromatic amines is 2. The van der Waals surface area contributed by atoms with Crippen LogP contribution in [0.2, 0.25) is 0 Å². The third-order valence-corrected chi connectivity index (χ3v) is 17.6. The van der Waals surface area contributed by atoms with E-state index in [0.29, 0.717) is 4.57 Å². The third-order valence-electron chi connectivity index (χ3n) is 13.4. The minimum atomic E-state index is -5.91. The first-order valence-electron chi connectivity index (χ1n) is 24.4. The van der Waals surface area contributed by atoms with Crippen molar-refractivity contribution >= 4 is 87.8 Å². The number of aliphatic hydroxyl groups excluding tert-OH is 5. The van der Waals surface area contributed by atoms with Crippen LogP contribution in [0.4, 0.5) is 16.0 Å². The van der Waals surface area contributed by atoms with Crippen LogP contribution in [0.15, 0.2) is 56.9 Å². The SMILES string of the molecule is Nc1ncnc2c1ncn2[C@@H]1O[C@H](COP(=O)(O)O[C@H]2[C@@H](O)[C@H](n3cc(I)c(=O)[nH]c3=O)O[C@@H]2COP(=O)(O)O[C@H]2[C@@H](O)[C@H](n3cc(F)c(=O)[nH]c3=O)O[C@@H]2COP(=O)(O)O[C@H]2[C@@H](O)[C@H](n3cnc4c(N)ncnc43)O[C@@H]2COP(=O)(O)O)[C@@H](O)[C@H]1O. The molecule has 87 heavy (non-hydrogen) atoms. The van der Waals surface area contributed by atoms with E-state index >= 15 is 0 Å². The molecule has 0 aliphatic carbocycles. The van der Waals surface area contributed by atoms with Crippen LogP contribution in [0.25, 0.3) is 22.3 Å². The molecule has 476 valence electrons. The highest BCUT2D eigenvalue weighted by atomic mass is 127. The summed E-state index contributed by atoms with van der Waals surface area (Å²) < 4.78 is 129. The lowest BCUT2D eigenvalue weighted by atomic mass is 10.1. The van der Waals surface area contributed by atoms with Crippen LogP contribution >= 0.6 is 53.9 Å². The lowest BCUT2D eigenvalue weighted by Gasteiger charge is -2.26. The largest absolute Gasteiger partial charge is 0.472 e. The fourth-order valence-electron chi connectivity index (χ4n) is 9.38. The number of aliphatic hydroxyl groups is 5. The monoisotopic (exact) mass is 1430 g/mol. The summed E-state index contributed by atoms with van der Waals surface area (Å²) in [5, 5.41) is 56.3. The normalized spacial score (nSPS) is 31.6. The number of nitrogen functional groups attached to an aromatic ring is 2. The number of nitrogens with zero attached hydrogens (tertiary/aromatic N) is 10. The molecule has 49 heteroatoms. The molecule has 3 unspecified atom stereocenters. The van der Waals surface area contributed by atoms with E-state index in [1.165, 1.54) is 27.2 Å². The van der Waals surface area contributed by atoms with Gasteiger partial charge in [0.1, 0.15) is 96.9 Å². The molecular formula is C38H46FIN14O29P4. The van der Waals surface area contributed by atoms with Crippen LogP contribution in [0.5, 0.6) is 0 Å². The highest BCUT2D eigenvalue weighted by Crippen LogP contribution is 2.54. The number of nitrogens with one attached hydrogen (secondary N) is 2. The van der Waals surface area contributed by atoms with Crippen LogP contribution in [0, 0.1) is 9.39 Å². The van der Waals surface area contributed by atoms with Gasteiger partial charge in [-0.05, 0) is 22.6 Å². The lowest BCUT2D eigenvalue weighted by molar-refractivity contribution is -0.0653. The summed E-state index contributed by atoms with van der Waals surface area (Å²) in [6.07, 6.45) is -27.0. The quantitative estimate of drug-likeness (QED) is 0.0223. The molecule has 10 heterocycles. The maximum Gasteiger partial charge on any atom is 0.472 e. The van der Waals surface area contributed by atoms with Gasteiger partial charge in [0.25, 0.3) is 11.1 Å². The minimum absolute atomic E-state index is 0.0141. The van der Waals surface area contributed by atoms with Gasteiger partial charge in [0.15, 0.2) is 47.8 Å². The van der Waals surface area contributed by atoms with Crippen molar-refractivity contribution in [1.82, 2.24) is 58.1 Å². The summed E-state index contributed by atoms with van der Waals surface area (Å²) in [7, 11) is -22.6. The molecule has 0 aromatic carbocycles. The standard InChI is InChI=1S/C38H46FIN14O29P4/c39-11-1-51(37(62)49-31(11)60)34-21(57)25(15(78-34)5-75-86(69,70)81-24-14(4-73-84(64,65)66)80-36(23(24)59)54-10-48-18-28(42)44-8-46-30(18)54)83-87(71,72)76-6-16-26(22(58)35(79-16)52-2-12(40)32(61)50-38(52)63)82-85(67,68)74-3-13-19(55)20(56)33(77-13)53-9-47-17-27(41)43-7-45-29(17)53/h1-2,7-10,13-16,19-26,33-36,55-59H,3-6H2,(H,67,68)(H,69,70)(H,71,72)(H2,41,43,45)(H2,42,44,46)(H,49,60,62)(H,50,61,63)(H2,64,65,66)/t13-,14-,15-,16-,19-,20-,21-,22-,23-,24-,25-,26-,33-,34-,35-,36-/m1/s1. The smallest absolute Gasteiger partial charge is 0.387 e. The van der Waals surface area contributed by atoms with Gasteiger partial charge in [-0.1, -0.05) is 0 Å². The number of ether oxygens (including phenoxy) is 4. The number of aromatic nitrogens is 12. The summed E-state index contributed by atoms with van der Waals surface area (Å²) in [5.74, 6) is -1.83. The number of hydrogen-bond donors (Lipinski definition) is 14. The predicted molar refractivity (Wildman–Crippen MR) is 280 cm³/mol. The average Bonchev–Trinajstić information content (AvgIpc) is 1.88. The van der Waals surface area contributed by atoms with Gasteiger partial charge in [-0.25, -0.2) is 57.8 Å². The molecule has 0 bridgehead atoms. The maximum atomic E-state index is 14.6. The molecule has 6 aromatic rings. The van der Waals surface area contributed by atoms with E-state index in [4.69, 9.17) is 57.6 Å². The summed E-state index contributed by atoms with van der Waals surface area (Å²) >= 11 is 1.50. The summed E-state index contributed by atoms with van der Waals surface area (Å²) in [5.41, 5.74) is 6.57. The van der Waals surface area contributed by atoms with Crippen LogP contribution < -0.4 is 34.0 Å². The molecule has 16 N–H and O–H groups in total. The number of nitrogens with two attached hydrogens (primary N) is 2. The van der Waals surface area contributed by atoms with Gasteiger partial charge in [-0.3, -0.25) is 69.5 Å².